The molecular formula is C52H47N5O2. The van der Waals surface area contributed by atoms with E-state index in [0.29, 0.717) is 11.4 Å². The number of rotatable bonds is 12. The molecule has 2 aromatic heterocycles. The van der Waals surface area contributed by atoms with Crippen LogP contribution in [-0.4, -0.2) is 37.3 Å². The molecule has 1 amide bonds. The quantitative estimate of drug-likeness (QED) is 0.126. The molecule has 6 aromatic carbocycles. The molecule has 7 heteroatoms. The second kappa shape index (κ2) is 16.7. The minimum absolute atomic E-state index is 0.187. The first-order valence-corrected chi connectivity index (χ1v) is 19.9. The zero-order valence-corrected chi connectivity index (χ0v) is 33.5. The Hall–Kier alpha value is -7.25. The van der Waals surface area contributed by atoms with E-state index >= 15 is 0 Å². The molecule has 0 aliphatic carbocycles. The van der Waals surface area contributed by atoms with Crippen LogP contribution in [0, 0.1) is 0 Å². The van der Waals surface area contributed by atoms with Crippen LogP contribution in [0.5, 0.6) is 0 Å². The van der Waals surface area contributed by atoms with Crippen molar-refractivity contribution < 1.29 is 9.53 Å². The maximum atomic E-state index is 12.9. The van der Waals surface area contributed by atoms with Crippen LogP contribution < -0.4 is 5.32 Å². The van der Waals surface area contributed by atoms with Crippen LogP contribution in [0.1, 0.15) is 65.5 Å². The number of amides is 1. The highest BCUT2D eigenvalue weighted by Crippen LogP contribution is 2.43. The summed E-state index contributed by atoms with van der Waals surface area (Å²) in [5, 5.41) is 2.93. The monoisotopic (exact) mass is 773 g/mol. The average Bonchev–Trinajstić information content (AvgIpc) is 3.97. The summed E-state index contributed by atoms with van der Waals surface area (Å²) >= 11 is 0. The molecule has 292 valence electrons. The molecule has 0 fully saturated rings. The van der Waals surface area contributed by atoms with Gasteiger partial charge in [-0.2, -0.15) is 0 Å². The Labute approximate surface area is 346 Å². The largest absolute Gasteiger partial charge is 0.444 e. The molecule has 0 bridgehead atoms. The molecule has 2 heterocycles. The fourth-order valence-electron chi connectivity index (χ4n) is 8.15. The zero-order valence-electron chi connectivity index (χ0n) is 33.5. The minimum atomic E-state index is -0.767. The molecule has 0 aliphatic rings. The van der Waals surface area contributed by atoms with Gasteiger partial charge >= 0.3 is 6.09 Å². The van der Waals surface area contributed by atoms with Crippen molar-refractivity contribution in [2.45, 2.75) is 37.5 Å². The van der Waals surface area contributed by atoms with E-state index in [1.54, 1.807) is 0 Å². The van der Waals surface area contributed by atoms with E-state index in [9.17, 15) is 4.79 Å². The van der Waals surface area contributed by atoms with Crippen LogP contribution in [-0.2, 0) is 15.8 Å². The van der Waals surface area contributed by atoms with Gasteiger partial charge < -0.3 is 19.2 Å². The van der Waals surface area contributed by atoms with Gasteiger partial charge in [0, 0.05) is 24.5 Å². The van der Waals surface area contributed by atoms with Crippen LogP contribution in [0.15, 0.2) is 213 Å². The molecule has 0 saturated carbocycles. The Morgan fingerprint density at radius 1 is 0.508 bits per heavy atom. The third kappa shape index (κ3) is 7.63. The number of benzene rings is 6. The van der Waals surface area contributed by atoms with Crippen molar-refractivity contribution >= 4 is 11.7 Å². The normalized spacial score (nSPS) is 11.8. The van der Waals surface area contributed by atoms with Crippen LogP contribution in [0.4, 0.5) is 4.79 Å². The summed E-state index contributed by atoms with van der Waals surface area (Å²) in [7, 11) is 0. The number of ether oxygens (including phenoxy) is 1. The van der Waals surface area contributed by atoms with Crippen molar-refractivity contribution in [3.05, 3.63) is 258 Å². The van der Waals surface area contributed by atoms with Crippen molar-refractivity contribution in [2.24, 2.45) is 0 Å². The number of hydrogen-bond donors (Lipinski definition) is 1. The Morgan fingerprint density at radius 2 is 0.797 bits per heavy atom. The van der Waals surface area contributed by atoms with E-state index in [4.69, 9.17) is 14.7 Å². The summed E-state index contributed by atoms with van der Waals surface area (Å²) in [5.41, 5.74) is 6.47. The van der Waals surface area contributed by atoms with E-state index in [0.717, 1.165) is 39.0 Å². The third-order valence-electron chi connectivity index (χ3n) is 10.6. The van der Waals surface area contributed by atoms with Crippen molar-refractivity contribution in [1.82, 2.24) is 24.4 Å². The van der Waals surface area contributed by atoms with E-state index < -0.39 is 22.8 Å². The molecule has 0 atom stereocenters. The molecule has 8 aromatic rings. The molecule has 8 rings (SSSR count). The van der Waals surface area contributed by atoms with Crippen LogP contribution in [0.2, 0.25) is 0 Å². The standard InChI is InChI=1S/C52H47N5O2/c1-50(2,3)59-49(58)53-35-34-46(47-36-56(38-54-47)51(40-22-10-4-11-23-40,41-24-12-5-13-25-41)42-26-14-6-15-27-42)48-37-57(39-55-48)52(43-28-16-7-17-29-43,44-30-18-8-19-31-44)45-32-20-9-21-33-45/h4-34,36-39H,35H2,1-3H3,(H,53,58). The van der Waals surface area contributed by atoms with Gasteiger partial charge in [-0.25, -0.2) is 14.8 Å². The number of carbonyl (C=O) groups is 1. The summed E-state index contributed by atoms with van der Waals surface area (Å²) in [4.78, 5) is 23.2. The van der Waals surface area contributed by atoms with Gasteiger partial charge in [0.2, 0.25) is 0 Å². The van der Waals surface area contributed by atoms with Crippen LogP contribution in [0.3, 0.4) is 0 Å². The summed E-state index contributed by atoms with van der Waals surface area (Å²) in [6.45, 7) is 5.74. The maximum absolute atomic E-state index is 12.9. The lowest BCUT2D eigenvalue weighted by atomic mass is 9.76. The molecule has 0 radical (unpaired) electrons. The van der Waals surface area contributed by atoms with E-state index in [2.05, 4.69) is 172 Å². The summed E-state index contributed by atoms with van der Waals surface area (Å²) < 4.78 is 9.99. The third-order valence-corrected chi connectivity index (χ3v) is 10.6. The van der Waals surface area contributed by atoms with Crippen molar-refractivity contribution in [2.75, 3.05) is 6.54 Å². The number of nitrogens with zero attached hydrogens (tertiary/aromatic N) is 4. The number of aromatic nitrogens is 4. The van der Waals surface area contributed by atoms with Crippen LogP contribution >= 0.6 is 0 Å². The molecule has 0 spiro atoms. The Kier molecular flexibility index (Phi) is 10.9. The zero-order chi connectivity index (χ0) is 40.7. The van der Waals surface area contributed by atoms with E-state index in [1.165, 1.54) is 0 Å². The first-order valence-electron chi connectivity index (χ1n) is 19.9. The lowest BCUT2D eigenvalue weighted by Gasteiger charge is -2.37. The SMILES string of the molecule is CC(C)(C)OC(=O)NCC=C(c1cn(C(c2ccccc2)(c2ccccc2)c2ccccc2)cn1)c1cn(C(c2ccccc2)(c2ccccc2)c2ccccc2)cn1. The highest BCUT2D eigenvalue weighted by Gasteiger charge is 2.40. The van der Waals surface area contributed by atoms with Gasteiger partial charge in [-0.05, 0) is 54.2 Å². The molecule has 7 nitrogen and oxygen atoms in total. The van der Waals surface area contributed by atoms with Gasteiger partial charge in [0.15, 0.2) is 0 Å². The number of nitrogens with one attached hydrogen (secondary N) is 1. The average molecular weight is 774 g/mol. The second-order valence-electron chi connectivity index (χ2n) is 15.4. The number of carbonyl (C=O) groups excluding carboxylic acids is 1. The van der Waals surface area contributed by atoms with Gasteiger partial charge in [-0.15, -0.1) is 0 Å². The summed E-state index contributed by atoms with van der Waals surface area (Å²) in [6.07, 6.45) is 9.44. The van der Waals surface area contributed by atoms with Crippen LogP contribution in [0.25, 0.3) is 5.57 Å². The van der Waals surface area contributed by atoms with Crippen molar-refractivity contribution in [3.8, 4) is 0 Å². The summed E-state index contributed by atoms with van der Waals surface area (Å²) in [5.74, 6) is 0. The molecular weight excluding hydrogens is 727 g/mol. The first-order chi connectivity index (χ1) is 28.8. The maximum Gasteiger partial charge on any atom is 0.407 e. The number of hydrogen-bond acceptors (Lipinski definition) is 4. The highest BCUT2D eigenvalue weighted by molar-refractivity contribution is 5.77. The van der Waals surface area contributed by atoms with Gasteiger partial charge in [0.25, 0.3) is 0 Å². The number of imidazole rings is 2. The van der Waals surface area contributed by atoms with E-state index in [1.807, 2.05) is 75.9 Å². The first kappa shape index (κ1) is 38.6. The Balaban J connectivity index is 1.32. The lowest BCUT2D eigenvalue weighted by molar-refractivity contribution is 0.0534. The van der Waals surface area contributed by atoms with Crippen molar-refractivity contribution in [1.29, 1.82) is 0 Å². The number of alkyl carbamates (subject to hydrolysis) is 1. The molecule has 0 saturated heterocycles. The predicted octanol–water partition coefficient (Wildman–Crippen LogP) is 10.7. The Bertz CT molecular complexity index is 2250. The molecule has 59 heavy (non-hydrogen) atoms. The second-order valence-corrected chi connectivity index (χ2v) is 15.4. The molecule has 1 N–H and O–H groups in total. The fourth-order valence-corrected chi connectivity index (χ4v) is 8.15. The van der Waals surface area contributed by atoms with Gasteiger partial charge in [0.05, 0.1) is 24.0 Å². The lowest BCUT2D eigenvalue weighted by Crippen LogP contribution is -2.37. The van der Waals surface area contributed by atoms with Gasteiger partial charge in [0.1, 0.15) is 16.7 Å². The van der Waals surface area contributed by atoms with E-state index in [-0.39, 0.29) is 6.54 Å². The topological polar surface area (TPSA) is 74.0 Å². The van der Waals surface area contributed by atoms with Gasteiger partial charge in [-0.1, -0.05) is 188 Å². The Morgan fingerprint density at radius 3 is 1.07 bits per heavy atom. The van der Waals surface area contributed by atoms with Gasteiger partial charge in [-0.3, -0.25) is 0 Å². The highest BCUT2D eigenvalue weighted by atomic mass is 16.6. The summed E-state index contributed by atoms with van der Waals surface area (Å²) in [6, 6.07) is 63.1. The predicted molar refractivity (Wildman–Crippen MR) is 235 cm³/mol. The fraction of sp³-hybridized carbons (Fsp3) is 0.135. The minimum Gasteiger partial charge on any atom is -0.444 e. The molecule has 0 unspecified atom stereocenters. The molecule has 0 aliphatic heterocycles. The smallest absolute Gasteiger partial charge is 0.407 e. The van der Waals surface area contributed by atoms with Crippen molar-refractivity contribution in [3.63, 3.8) is 0 Å².